The van der Waals surface area contributed by atoms with E-state index in [0.717, 1.165) is 11.1 Å². The van der Waals surface area contributed by atoms with Gasteiger partial charge in [0.1, 0.15) is 36.2 Å². The van der Waals surface area contributed by atoms with E-state index in [1.54, 1.807) is 30.6 Å². The Hall–Kier alpha value is -4.13. The van der Waals surface area contributed by atoms with E-state index in [1.165, 1.54) is 0 Å². The zero-order chi connectivity index (χ0) is 22.3. The number of rotatable bonds is 9. The molecule has 1 N–H and O–H groups in total. The summed E-state index contributed by atoms with van der Waals surface area (Å²) < 4.78 is 17.5. The third-order valence-corrected chi connectivity index (χ3v) is 4.77. The van der Waals surface area contributed by atoms with Gasteiger partial charge in [-0.1, -0.05) is 36.4 Å². The van der Waals surface area contributed by atoms with Crippen LogP contribution in [0.5, 0.6) is 11.5 Å². The summed E-state index contributed by atoms with van der Waals surface area (Å²) in [5.41, 5.74) is 3.05. The lowest BCUT2D eigenvalue weighted by Crippen LogP contribution is -2.04. The summed E-state index contributed by atoms with van der Waals surface area (Å²) in [6.45, 7) is 2.34. The van der Waals surface area contributed by atoms with Crippen LogP contribution in [0.3, 0.4) is 0 Å². The lowest BCUT2D eigenvalue weighted by Gasteiger charge is -2.11. The van der Waals surface area contributed by atoms with Crippen molar-refractivity contribution in [1.29, 1.82) is 0 Å². The van der Waals surface area contributed by atoms with Gasteiger partial charge in [-0.2, -0.15) is 0 Å². The van der Waals surface area contributed by atoms with Crippen molar-refractivity contribution in [3.63, 3.8) is 0 Å². The van der Waals surface area contributed by atoms with Crippen LogP contribution >= 0.6 is 0 Å². The van der Waals surface area contributed by atoms with Crippen molar-refractivity contribution in [2.45, 2.75) is 26.6 Å². The van der Waals surface area contributed by atoms with Crippen molar-refractivity contribution in [2.24, 2.45) is 0 Å². The van der Waals surface area contributed by atoms with Crippen molar-refractivity contribution in [3.8, 4) is 23.0 Å². The molecule has 2 aromatic carbocycles. The van der Waals surface area contributed by atoms with Crippen LogP contribution in [0.2, 0.25) is 0 Å². The number of carboxylic acids is 1. The highest BCUT2D eigenvalue weighted by molar-refractivity contribution is 5.71. The number of pyridine rings is 1. The molecule has 0 unspecified atom stereocenters. The number of nitrogens with zero attached hydrogens (tertiary/aromatic N) is 2. The predicted octanol–water partition coefficient (Wildman–Crippen LogP) is 4.83. The maximum absolute atomic E-state index is 11.0. The minimum absolute atomic E-state index is 0.0976. The highest BCUT2D eigenvalue weighted by atomic mass is 16.5. The summed E-state index contributed by atoms with van der Waals surface area (Å²) in [5, 5.41) is 9.06. The number of hydrogen-bond acceptors (Lipinski definition) is 6. The Bertz CT molecular complexity index is 1200. The SMILES string of the molecule is Cc1oc(-c2ccccc2)nc1COc1cncc(COc2ccccc2CC(=O)O)c1. The van der Waals surface area contributed by atoms with Crippen LogP contribution < -0.4 is 9.47 Å². The van der Waals surface area contributed by atoms with Gasteiger partial charge in [-0.25, -0.2) is 4.98 Å². The molecule has 7 nitrogen and oxygen atoms in total. The number of oxazole rings is 1. The molecule has 32 heavy (non-hydrogen) atoms. The molecule has 2 heterocycles. The highest BCUT2D eigenvalue weighted by Crippen LogP contribution is 2.24. The Kier molecular flexibility index (Phi) is 6.46. The second-order valence-corrected chi connectivity index (χ2v) is 7.17. The molecule has 0 aliphatic rings. The third kappa shape index (κ3) is 5.31. The standard InChI is InChI=1S/C25H22N2O5/c1-17-22(27-25(32-17)19-7-3-2-4-8-19)16-30-21-11-18(13-26-14-21)15-31-23-10-6-5-9-20(23)12-24(28)29/h2-11,13-14H,12,15-16H2,1H3,(H,28,29). The quantitative estimate of drug-likeness (QED) is 0.406. The van der Waals surface area contributed by atoms with Gasteiger partial charge in [0.05, 0.1) is 12.6 Å². The molecule has 0 fully saturated rings. The smallest absolute Gasteiger partial charge is 0.307 e. The number of aliphatic carboxylic acids is 1. The number of carboxylic acid groups (broad SMARTS) is 1. The zero-order valence-corrected chi connectivity index (χ0v) is 17.5. The average Bonchev–Trinajstić information content (AvgIpc) is 3.18. The number of para-hydroxylation sites is 1. The number of aromatic nitrogens is 2. The lowest BCUT2D eigenvalue weighted by atomic mass is 10.1. The van der Waals surface area contributed by atoms with Crippen LogP contribution in [-0.4, -0.2) is 21.0 Å². The molecule has 0 saturated carbocycles. The predicted molar refractivity (Wildman–Crippen MR) is 117 cm³/mol. The van der Waals surface area contributed by atoms with Gasteiger partial charge in [-0.05, 0) is 31.2 Å². The van der Waals surface area contributed by atoms with E-state index in [-0.39, 0.29) is 19.6 Å². The molecule has 0 atom stereocenters. The first-order chi connectivity index (χ1) is 15.6. The Balaban J connectivity index is 1.39. The number of aryl methyl sites for hydroxylation is 1. The minimum atomic E-state index is -0.906. The van der Waals surface area contributed by atoms with Gasteiger partial charge in [-0.3, -0.25) is 9.78 Å². The molecule has 2 aromatic heterocycles. The summed E-state index contributed by atoms with van der Waals surface area (Å²) in [6, 6.07) is 18.6. The molecule has 0 bridgehead atoms. The van der Waals surface area contributed by atoms with Crippen molar-refractivity contribution in [1.82, 2.24) is 9.97 Å². The van der Waals surface area contributed by atoms with E-state index in [2.05, 4.69) is 9.97 Å². The molecular formula is C25H22N2O5. The van der Waals surface area contributed by atoms with Gasteiger partial charge in [-0.15, -0.1) is 0 Å². The Labute approximate surface area is 185 Å². The van der Waals surface area contributed by atoms with Crippen LogP contribution in [-0.2, 0) is 24.4 Å². The van der Waals surface area contributed by atoms with E-state index >= 15 is 0 Å². The van der Waals surface area contributed by atoms with Gasteiger partial charge in [0.25, 0.3) is 0 Å². The summed E-state index contributed by atoms with van der Waals surface area (Å²) in [4.78, 5) is 19.8. The van der Waals surface area contributed by atoms with Crippen LogP contribution in [0, 0.1) is 6.92 Å². The van der Waals surface area contributed by atoms with Crippen LogP contribution in [0.4, 0.5) is 0 Å². The molecule has 4 aromatic rings. The van der Waals surface area contributed by atoms with Crippen molar-refractivity contribution in [3.05, 3.63) is 95.6 Å². The second kappa shape index (κ2) is 9.78. The van der Waals surface area contributed by atoms with E-state index in [4.69, 9.17) is 19.0 Å². The fourth-order valence-corrected chi connectivity index (χ4v) is 3.15. The molecule has 4 rings (SSSR count). The maximum atomic E-state index is 11.0. The minimum Gasteiger partial charge on any atom is -0.489 e. The van der Waals surface area contributed by atoms with Crippen molar-refractivity contribution < 1.29 is 23.8 Å². The molecule has 162 valence electrons. The lowest BCUT2D eigenvalue weighted by molar-refractivity contribution is -0.136. The summed E-state index contributed by atoms with van der Waals surface area (Å²) in [6.07, 6.45) is 3.20. The molecule has 0 amide bonds. The topological polar surface area (TPSA) is 94.7 Å². The van der Waals surface area contributed by atoms with E-state index < -0.39 is 5.97 Å². The fourth-order valence-electron chi connectivity index (χ4n) is 3.15. The molecule has 7 heteroatoms. The first-order valence-corrected chi connectivity index (χ1v) is 10.1. The molecule has 0 aliphatic heterocycles. The molecule has 0 aliphatic carbocycles. The monoisotopic (exact) mass is 430 g/mol. The van der Waals surface area contributed by atoms with Crippen molar-refractivity contribution in [2.75, 3.05) is 0 Å². The molecule has 0 saturated heterocycles. The van der Waals surface area contributed by atoms with Gasteiger partial charge in [0.15, 0.2) is 0 Å². The largest absolute Gasteiger partial charge is 0.489 e. The van der Waals surface area contributed by atoms with E-state index in [9.17, 15) is 4.79 Å². The van der Waals surface area contributed by atoms with E-state index in [1.807, 2.05) is 49.4 Å². The van der Waals surface area contributed by atoms with Crippen LogP contribution in [0.25, 0.3) is 11.5 Å². The normalized spacial score (nSPS) is 10.7. The summed E-state index contributed by atoms with van der Waals surface area (Å²) in [7, 11) is 0. The maximum Gasteiger partial charge on any atom is 0.307 e. The molecule has 0 radical (unpaired) electrons. The highest BCUT2D eigenvalue weighted by Gasteiger charge is 2.12. The van der Waals surface area contributed by atoms with Gasteiger partial charge >= 0.3 is 5.97 Å². The molecular weight excluding hydrogens is 408 g/mol. The first-order valence-electron chi connectivity index (χ1n) is 10.1. The third-order valence-electron chi connectivity index (χ3n) is 4.77. The second-order valence-electron chi connectivity index (χ2n) is 7.17. The van der Waals surface area contributed by atoms with Gasteiger partial charge < -0.3 is 19.0 Å². The average molecular weight is 430 g/mol. The zero-order valence-electron chi connectivity index (χ0n) is 17.5. The Morgan fingerprint density at radius 1 is 1.00 bits per heavy atom. The Morgan fingerprint density at radius 3 is 2.59 bits per heavy atom. The number of carbonyl (C=O) groups is 1. The van der Waals surface area contributed by atoms with Crippen LogP contribution in [0.15, 0.2) is 77.5 Å². The first kappa shape index (κ1) is 21.1. The van der Waals surface area contributed by atoms with Gasteiger partial charge in [0, 0.05) is 22.9 Å². The van der Waals surface area contributed by atoms with E-state index in [0.29, 0.717) is 34.4 Å². The number of benzene rings is 2. The summed E-state index contributed by atoms with van der Waals surface area (Å²) >= 11 is 0. The van der Waals surface area contributed by atoms with Crippen LogP contribution in [0.1, 0.15) is 22.6 Å². The molecule has 0 spiro atoms. The number of ether oxygens (including phenoxy) is 2. The number of hydrogen-bond donors (Lipinski definition) is 1. The van der Waals surface area contributed by atoms with Crippen molar-refractivity contribution >= 4 is 5.97 Å². The van der Waals surface area contributed by atoms with Gasteiger partial charge in [0.2, 0.25) is 5.89 Å². The Morgan fingerprint density at radius 2 is 1.78 bits per heavy atom. The fraction of sp³-hybridized carbons (Fsp3) is 0.160. The summed E-state index contributed by atoms with van der Waals surface area (Å²) in [5.74, 6) is 1.46.